The fourth-order valence-corrected chi connectivity index (χ4v) is 2.29. The quantitative estimate of drug-likeness (QED) is 0.806. The van der Waals surface area contributed by atoms with Gasteiger partial charge in [-0.25, -0.2) is 4.79 Å². The third-order valence-electron chi connectivity index (χ3n) is 3.61. The number of rotatable bonds is 4. The number of nitrogens with zero attached hydrogens (tertiary/aromatic N) is 1. The van der Waals surface area contributed by atoms with Crippen LogP contribution in [-0.4, -0.2) is 48.0 Å². The lowest BCUT2D eigenvalue weighted by Crippen LogP contribution is -2.47. The van der Waals surface area contributed by atoms with Crippen molar-refractivity contribution in [1.29, 1.82) is 0 Å². The van der Waals surface area contributed by atoms with Crippen LogP contribution in [0.15, 0.2) is 0 Å². The van der Waals surface area contributed by atoms with Crippen LogP contribution in [0.3, 0.4) is 0 Å². The molecule has 1 atom stereocenters. The van der Waals surface area contributed by atoms with Crippen LogP contribution < -0.4 is 11.1 Å². The maximum absolute atomic E-state index is 11.9. The predicted octanol–water partition coefficient (Wildman–Crippen LogP) is 2.43. The molecular formula is C18H35N3O4. The Morgan fingerprint density at radius 2 is 1.68 bits per heavy atom. The molecule has 1 aliphatic carbocycles. The summed E-state index contributed by atoms with van der Waals surface area (Å²) >= 11 is 0. The lowest BCUT2D eigenvalue weighted by Gasteiger charge is -2.26. The Labute approximate surface area is 151 Å². The van der Waals surface area contributed by atoms with E-state index >= 15 is 0 Å². The highest BCUT2D eigenvalue weighted by molar-refractivity contribution is 5.89. The van der Waals surface area contributed by atoms with E-state index in [9.17, 15) is 14.4 Å². The molecule has 0 radical (unpaired) electrons. The fourth-order valence-electron chi connectivity index (χ4n) is 2.29. The summed E-state index contributed by atoms with van der Waals surface area (Å²) in [5, 5.41) is 2.41. The van der Waals surface area contributed by atoms with Crippen molar-refractivity contribution in [3.05, 3.63) is 0 Å². The number of primary amides is 1. The zero-order valence-corrected chi connectivity index (χ0v) is 16.3. The molecule has 2 fully saturated rings. The highest BCUT2D eigenvalue weighted by atomic mass is 16.6. The van der Waals surface area contributed by atoms with Gasteiger partial charge in [0.1, 0.15) is 18.7 Å². The summed E-state index contributed by atoms with van der Waals surface area (Å²) in [7, 11) is 0. The first kappa shape index (κ1) is 23.2. The molecule has 1 saturated heterocycles. The standard InChI is InChI=1S/C12H19N3O4.C4H10.C2H6/c13-11(17)9-5-2-6-15(9)10(16)7-14-12(18)19-8-3-1-4-8;1-4(2)3;1-2/h8-9H,1-7H2,(H2,13,17)(H,14,18);4H,1-3H3;1-2H3/t9-;;/m0../s1. The largest absolute Gasteiger partial charge is 0.446 e. The smallest absolute Gasteiger partial charge is 0.407 e. The highest BCUT2D eigenvalue weighted by Gasteiger charge is 2.32. The Morgan fingerprint density at radius 1 is 1.12 bits per heavy atom. The molecule has 1 aliphatic heterocycles. The van der Waals surface area contributed by atoms with Crippen LogP contribution >= 0.6 is 0 Å². The number of alkyl carbamates (subject to hydrolysis) is 1. The number of carbonyl (C=O) groups excluding carboxylic acids is 3. The molecule has 0 spiro atoms. The molecular weight excluding hydrogens is 322 g/mol. The zero-order chi connectivity index (χ0) is 19.4. The van der Waals surface area contributed by atoms with Crippen molar-refractivity contribution in [2.24, 2.45) is 11.7 Å². The second-order valence-electron chi connectivity index (χ2n) is 6.69. The van der Waals surface area contributed by atoms with E-state index < -0.39 is 18.0 Å². The monoisotopic (exact) mass is 357 g/mol. The van der Waals surface area contributed by atoms with Gasteiger partial charge in [0, 0.05) is 6.54 Å². The Balaban J connectivity index is 0.000000845. The SMILES string of the molecule is CC.CC(C)C.NC(=O)[C@@H]1CCCN1C(=O)CNC(=O)OC1CCC1. The van der Waals surface area contributed by atoms with Crippen LogP contribution in [-0.2, 0) is 14.3 Å². The van der Waals surface area contributed by atoms with E-state index in [2.05, 4.69) is 26.1 Å². The van der Waals surface area contributed by atoms with Gasteiger partial charge in [-0.2, -0.15) is 0 Å². The van der Waals surface area contributed by atoms with Crippen molar-refractivity contribution in [2.75, 3.05) is 13.1 Å². The van der Waals surface area contributed by atoms with E-state index in [-0.39, 0.29) is 18.6 Å². The second-order valence-corrected chi connectivity index (χ2v) is 6.69. The molecule has 2 aliphatic rings. The molecule has 0 aromatic rings. The molecule has 25 heavy (non-hydrogen) atoms. The van der Waals surface area contributed by atoms with Gasteiger partial charge in [0.2, 0.25) is 11.8 Å². The van der Waals surface area contributed by atoms with E-state index in [4.69, 9.17) is 10.5 Å². The minimum Gasteiger partial charge on any atom is -0.446 e. The van der Waals surface area contributed by atoms with Crippen LogP contribution in [0.25, 0.3) is 0 Å². The molecule has 2 rings (SSSR count). The molecule has 0 unspecified atom stereocenters. The Bertz CT molecular complexity index is 420. The Kier molecular flexibility index (Phi) is 11.7. The van der Waals surface area contributed by atoms with E-state index in [0.29, 0.717) is 13.0 Å². The zero-order valence-electron chi connectivity index (χ0n) is 16.3. The fraction of sp³-hybridized carbons (Fsp3) is 0.833. The van der Waals surface area contributed by atoms with Gasteiger partial charge in [0.15, 0.2) is 0 Å². The number of nitrogens with two attached hydrogens (primary N) is 1. The molecule has 0 bridgehead atoms. The Hall–Kier alpha value is -1.79. The van der Waals surface area contributed by atoms with Crippen molar-refractivity contribution >= 4 is 17.9 Å². The summed E-state index contributed by atoms with van der Waals surface area (Å²) in [6.45, 7) is 10.8. The van der Waals surface area contributed by atoms with Crippen LogP contribution in [0.2, 0.25) is 0 Å². The summed E-state index contributed by atoms with van der Waals surface area (Å²) in [4.78, 5) is 35.9. The van der Waals surface area contributed by atoms with Crippen LogP contribution in [0, 0.1) is 5.92 Å². The average Bonchev–Trinajstić information content (AvgIpc) is 3.00. The summed E-state index contributed by atoms with van der Waals surface area (Å²) in [6.07, 6.45) is 3.60. The molecule has 1 saturated carbocycles. The summed E-state index contributed by atoms with van der Waals surface area (Å²) in [5.41, 5.74) is 5.23. The first-order valence-corrected chi connectivity index (χ1v) is 9.34. The predicted molar refractivity (Wildman–Crippen MR) is 97.9 cm³/mol. The van der Waals surface area contributed by atoms with Crippen LogP contribution in [0.1, 0.15) is 66.7 Å². The van der Waals surface area contributed by atoms with Crippen molar-refractivity contribution in [3.63, 3.8) is 0 Å². The third kappa shape index (κ3) is 9.31. The topological polar surface area (TPSA) is 102 Å². The lowest BCUT2D eigenvalue weighted by atomic mass is 9.96. The number of ether oxygens (including phenoxy) is 1. The van der Waals surface area contributed by atoms with Gasteiger partial charge >= 0.3 is 6.09 Å². The van der Waals surface area contributed by atoms with Crippen molar-refractivity contribution in [1.82, 2.24) is 10.2 Å². The van der Waals surface area contributed by atoms with E-state index in [1.165, 1.54) is 4.90 Å². The van der Waals surface area contributed by atoms with Gasteiger partial charge in [0.25, 0.3) is 0 Å². The molecule has 7 heteroatoms. The molecule has 3 amide bonds. The summed E-state index contributed by atoms with van der Waals surface area (Å²) in [6, 6.07) is -0.544. The van der Waals surface area contributed by atoms with Gasteiger partial charge < -0.3 is 20.7 Å². The van der Waals surface area contributed by atoms with Crippen molar-refractivity contribution < 1.29 is 19.1 Å². The molecule has 7 nitrogen and oxygen atoms in total. The summed E-state index contributed by atoms with van der Waals surface area (Å²) < 4.78 is 5.06. The normalized spacial score (nSPS) is 19.0. The van der Waals surface area contributed by atoms with Crippen molar-refractivity contribution in [2.45, 2.75) is 78.9 Å². The van der Waals surface area contributed by atoms with Gasteiger partial charge in [-0.3, -0.25) is 9.59 Å². The average molecular weight is 357 g/mol. The molecule has 146 valence electrons. The highest BCUT2D eigenvalue weighted by Crippen LogP contribution is 2.21. The van der Waals surface area contributed by atoms with Gasteiger partial charge in [-0.1, -0.05) is 34.6 Å². The lowest BCUT2D eigenvalue weighted by molar-refractivity contribution is -0.136. The van der Waals surface area contributed by atoms with E-state index in [1.807, 2.05) is 13.8 Å². The first-order valence-electron chi connectivity index (χ1n) is 9.34. The number of amides is 3. The third-order valence-corrected chi connectivity index (χ3v) is 3.61. The van der Waals surface area contributed by atoms with E-state index in [1.54, 1.807) is 0 Å². The molecule has 0 aromatic carbocycles. The van der Waals surface area contributed by atoms with Crippen LogP contribution in [0.4, 0.5) is 4.79 Å². The van der Waals surface area contributed by atoms with Crippen LogP contribution in [0.5, 0.6) is 0 Å². The molecule has 1 heterocycles. The maximum atomic E-state index is 11.9. The van der Waals surface area contributed by atoms with E-state index in [0.717, 1.165) is 31.6 Å². The molecule has 3 N–H and O–H groups in total. The minimum absolute atomic E-state index is 0.0137. The summed E-state index contributed by atoms with van der Waals surface area (Å²) in [5.74, 6) is 0.0368. The van der Waals surface area contributed by atoms with Crippen molar-refractivity contribution in [3.8, 4) is 0 Å². The number of hydrogen-bond acceptors (Lipinski definition) is 4. The van der Waals surface area contributed by atoms with Gasteiger partial charge in [-0.05, 0) is 38.0 Å². The number of hydrogen-bond donors (Lipinski definition) is 2. The first-order chi connectivity index (χ1) is 11.8. The maximum Gasteiger partial charge on any atom is 0.407 e. The minimum atomic E-state index is -0.576. The number of carbonyl (C=O) groups is 3. The second kappa shape index (κ2) is 12.6. The Morgan fingerprint density at radius 3 is 2.12 bits per heavy atom. The number of likely N-dealkylation sites (tertiary alicyclic amines) is 1. The van der Waals surface area contributed by atoms with Gasteiger partial charge in [-0.15, -0.1) is 0 Å². The van der Waals surface area contributed by atoms with Gasteiger partial charge in [0.05, 0.1) is 0 Å². The molecule has 0 aromatic heterocycles. The number of nitrogens with one attached hydrogen (secondary N) is 1.